The number of carbonyl (C=O) groups is 2. The molecule has 2 rings (SSSR count). The fraction of sp³-hybridized carbons (Fsp3) is 0.385. The van der Waals surface area contributed by atoms with Gasteiger partial charge < -0.3 is 9.47 Å². The smallest absolute Gasteiger partial charge is 0.271 e. The van der Waals surface area contributed by atoms with Gasteiger partial charge >= 0.3 is 0 Å². The van der Waals surface area contributed by atoms with Gasteiger partial charge in [0.15, 0.2) is 5.78 Å². The standard InChI is InChI=1S/C13H13ClN2O2/c1-15-8-5-11(17)10-4-9-16(7-3-2-6-14)12(10)13(15)18/h4,9H,5-8H2,1H3. The number of amides is 1. The van der Waals surface area contributed by atoms with Gasteiger partial charge in [-0.3, -0.25) is 9.59 Å². The second-order valence-electron chi connectivity index (χ2n) is 4.09. The van der Waals surface area contributed by atoms with Gasteiger partial charge in [0.1, 0.15) is 5.69 Å². The summed E-state index contributed by atoms with van der Waals surface area (Å²) in [5, 5.41) is 0. The normalized spacial score (nSPS) is 14.9. The Hall–Kier alpha value is -1.73. The molecule has 0 aromatic carbocycles. The van der Waals surface area contributed by atoms with Crippen LogP contribution in [0.5, 0.6) is 0 Å². The fourth-order valence-electron chi connectivity index (χ4n) is 1.94. The zero-order valence-corrected chi connectivity index (χ0v) is 10.8. The molecule has 0 fully saturated rings. The van der Waals surface area contributed by atoms with Crippen molar-refractivity contribution < 1.29 is 9.59 Å². The lowest BCUT2D eigenvalue weighted by molar-refractivity contribution is 0.0788. The van der Waals surface area contributed by atoms with Gasteiger partial charge in [-0.15, -0.1) is 11.6 Å². The van der Waals surface area contributed by atoms with Gasteiger partial charge in [-0.05, 0) is 6.07 Å². The molecule has 2 heterocycles. The van der Waals surface area contributed by atoms with E-state index >= 15 is 0 Å². The molecule has 0 saturated heterocycles. The molecule has 1 aliphatic heterocycles. The number of rotatable bonds is 1. The van der Waals surface area contributed by atoms with E-state index in [0.717, 1.165) is 0 Å². The van der Waals surface area contributed by atoms with Crippen molar-refractivity contribution in [2.75, 3.05) is 19.5 Å². The van der Waals surface area contributed by atoms with Crippen LogP contribution in [-0.2, 0) is 6.54 Å². The van der Waals surface area contributed by atoms with Crippen molar-refractivity contribution in [3.8, 4) is 11.8 Å². The number of nitrogens with zero attached hydrogens (tertiary/aromatic N) is 2. The van der Waals surface area contributed by atoms with Crippen LogP contribution in [0.15, 0.2) is 12.3 Å². The van der Waals surface area contributed by atoms with Crippen molar-refractivity contribution in [3.63, 3.8) is 0 Å². The Labute approximate surface area is 111 Å². The van der Waals surface area contributed by atoms with Gasteiger partial charge in [0.05, 0.1) is 12.4 Å². The van der Waals surface area contributed by atoms with Gasteiger partial charge in [0.25, 0.3) is 5.91 Å². The maximum Gasteiger partial charge on any atom is 0.271 e. The van der Waals surface area contributed by atoms with Gasteiger partial charge in [-0.2, -0.15) is 0 Å². The van der Waals surface area contributed by atoms with E-state index in [1.54, 1.807) is 28.8 Å². The third-order valence-corrected chi connectivity index (χ3v) is 3.06. The Morgan fingerprint density at radius 3 is 2.89 bits per heavy atom. The SMILES string of the molecule is CN1CCC(=O)c2ccn(CC#CCCl)c2C1=O. The van der Waals surface area contributed by atoms with Crippen molar-refractivity contribution >= 4 is 23.3 Å². The number of hydrogen-bond acceptors (Lipinski definition) is 2. The van der Waals surface area contributed by atoms with Crippen molar-refractivity contribution in [2.24, 2.45) is 0 Å². The van der Waals surface area contributed by atoms with E-state index in [9.17, 15) is 9.59 Å². The van der Waals surface area contributed by atoms with Crippen LogP contribution < -0.4 is 0 Å². The topological polar surface area (TPSA) is 42.3 Å². The molecule has 1 aromatic rings. The van der Waals surface area contributed by atoms with Crippen LogP contribution in [0.25, 0.3) is 0 Å². The summed E-state index contributed by atoms with van der Waals surface area (Å²) >= 11 is 5.47. The molecule has 0 N–H and O–H groups in total. The zero-order chi connectivity index (χ0) is 13.1. The lowest BCUT2D eigenvalue weighted by Gasteiger charge is -2.14. The molecule has 0 unspecified atom stereocenters. The van der Waals surface area contributed by atoms with E-state index in [1.807, 2.05) is 0 Å². The Morgan fingerprint density at radius 2 is 2.17 bits per heavy atom. The molecule has 1 aromatic heterocycles. The number of halogens is 1. The third kappa shape index (κ3) is 2.27. The molecule has 1 aliphatic rings. The number of Topliss-reactive ketones (excluding diaryl/α,β-unsaturated/α-hetero) is 1. The fourth-order valence-corrected chi connectivity index (χ4v) is 2.04. The van der Waals surface area contributed by atoms with Crippen LogP contribution in [0.3, 0.4) is 0 Å². The van der Waals surface area contributed by atoms with Crippen LogP contribution in [-0.4, -0.2) is 40.6 Å². The lowest BCUT2D eigenvalue weighted by Crippen LogP contribution is -2.28. The molecule has 94 valence electrons. The predicted octanol–water partition coefficient (Wildman–Crippen LogP) is 1.39. The molecule has 0 saturated carbocycles. The van der Waals surface area contributed by atoms with Crippen molar-refractivity contribution in [1.29, 1.82) is 0 Å². The molecule has 0 atom stereocenters. The average Bonchev–Trinajstić information content (AvgIpc) is 2.74. The molecular formula is C13H13ClN2O2. The summed E-state index contributed by atoms with van der Waals surface area (Å²) in [4.78, 5) is 25.6. The number of carbonyl (C=O) groups excluding carboxylic acids is 2. The second-order valence-corrected chi connectivity index (χ2v) is 4.36. The minimum Gasteiger partial charge on any atom is -0.340 e. The Bertz CT molecular complexity index is 551. The highest BCUT2D eigenvalue weighted by atomic mass is 35.5. The first-order valence-electron chi connectivity index (χ1n) is 5.64. The van der Waals surface area contributed by atoms with E-state index < -0.39 is 0 Å². The molecule has 18 heavy (non-hydrogen) atoms. The van der Waals surface area contributed by atoms with E-state index in [2.05, 4.69) is 11.8 Å². The molecule has 4 nitrogen and oxygen atoms in total. The maximum atomic E-state index is 12.2. The van der Waals surface area contributed by atoms with Crippen molar-refractivity contribution in [2.45, 2.75) is 13.0 Å². The van der Waals surface area contributed by atoms with Gasteiger partial charge in [-0.25, -0.2) is 0 Å². The number of hydrogen-bond donors (Lipinski definition) is 0. The maximum absolute atomic E-state index is 12.2. The minimum absolute atomic E-state index is 0.00625. The molecular weight excluding hydrogens is 252 g/mol. The number of fused-ring (bicyclic) bond motifs is 1. The highest BCUT2D eigenvalue weighted by Gasteiger charge is 2.27. The molecule has 1 amide bonds. The summed E-state index contributed by atoms with van der Waals surface area (Å²) < 4.78 is 1.71. The van der Waals surface area contributed by atoms with Gasteiger partial charge in [0.2, 0.25) is 0 Å². The van der Waals surface area contributed by atoms with E-state index in [-0.39, 0.29) is 17.6 Å². The van der Waals surface area contributed by atoms with Crippen LogP contribution in [0.4, 0.5) is 0 Å². The highest BCUT2D eigenvalue weighted by Crippen LogP contribution is 2.19. The van der Waals surface area contributed by atoms with Gasteiger partial charge in [0, 0.05) is 31.8 Å². The van der Waals surface area contributed by atoms with E-state index in [4.69, 9.17) is 11.6 Å². The highest BCUT2D eigenvalue weighted by molar-refractivity contribution is 6.19. The van der Waals surface area contributed by atoms with Crippen LogP contribution >= 0.6 is 11.6 Å². The van der Waals surface area contributed by atoms with Crippen molar-refractivity contribution in [1.82, 2.24) is 9.47 Å². The monoisotopic (exact) mass is 264 g/mol. The first kappa shape index (κ1) is 12.7. The van der Waals surface area contributed by atoms with E-state index in [1.165, 1.54) is 0 Å². The molecule has 0 radical (unpaired) electrons. The Morgan fingerprint density at radius 1 is 1.39 bits per heavy atom. The largest absolute Gasteiger partial charge is 0.340 e. The van der Waals surface area contributed by atoms with E-state index in [0.29, 0.717) is 30.8 Å². The number of ketones is 1. The summed E-state index contributed by atoms with van der Waals surface area (Å²) in [6.07, 6.45) is 2.09. The predicted molar refractivity (Wildman–Crippen MR) is 68.8 cm³/mol. The molecule has 0 aliphatic carbocycles. The van der Waals surface area contributed by atoms with Gasteiger partial charge in [-0.1, -0.05) is 11.8 Å². The van der Waals surface area contributed by atoms with Crippen LogP contribution in [0.1, 0.15) is 27.3 Å². The first-order valence-corrected chi connectivity index (χ1v) is 6.18. The number of aromatic nitrogens is 1. The van der Waals surface area contributed by atoms with Crippen LogP contribution in [0, 0.1) is 11.8 Å². The lowest BCUT2D eigenvalue weighted by atomic mass is 10.1. The second kappa shape index (κ2) is 5.28. The summed E-state index contributed by atoms with van der Waals surface area (Å²) in [7, 11) is 1.70. The summed E-state index contributed by atoms with van der Waals surface area (Å²) in [5.41, 5.74) is 0.931. The third-order valence-electron chi connectivity index (χ3n) is 2.93. The first-order chi connectivity index (χ1) is 8.65. The summed E-state index contributed by atoms with van der Waals surface area (Å²) in [6, 6.07) is 1.69. The quantitative estimate of drug-likeness (QED) is 0.568. The van der Waals surface area contributed by atoms with Crippen molar-refractivity contribution in [3.05, 3.63) is 23.5 Å². The number of alkyl halides is 1. The Kier molecular flexibility index (Phi) is 3.73. The summed E-state index contributed by atoms with van der Waals surface area (Å²) in [5.74, 6) is 5.72. The molecule has 5 heteroatoms. The average molecular weight is 265 g/mol. The van der Waals surface area contributed by atoms with Crippen LogP contribution in [0.2, 0.25) is 0 Å². The molecule has 0 bridgehead atoms. The summed E-state index contributed by atoms with van der Waals surface area (Å²) in [6.45, 7) is 0.828. The Balaban J connectivity index is 2.41. The molecule has 0 spiro atoms. The minimum atomic E-state index is -0.131. The zero-order valence-electron chi connectivity index (χ0n) is 10.1.